The molecule has 2 saturated carbocycles. The van der Waals surface area contributed by atoms with Gasteiger partial charge in [0.2, 0.25) is 0 Å². The quantitative estimate of drug-likeness (QED) is 0.736. The average molecular weight is 292 g/mol. The maximum absolute atomic E-state index is 12.6. The molecule has 1 N–H and O–H groups in total. The number of halogens is 3. The van der Waals surface area contributed by atoms with Gasteiger partial charge in [0, 0.05) is 12.1 Å². The van der Waals surface area contributed by atoms with Crippen molar-refractivity contribution in [1.29, 1.82) is 0 Å². The molecule has 0 aromatic heterocycles. The number of alkyl halides is 3. The van der Waals surface area contributed by atoms with Crippen LogP contribution in [-0.2, 0) is 0 Å². The fraction of sp³-hybridized carbons (Fsp3) is 1.00. The number of nitrogens with zero attached hydrogens (tertiary/aromatic N) is 1. The van der Waals surface area contributed by atoms with Crippen LogP contribution in [0, 0.1) is 5.92 Å². The van der Waals surface area contributed by atoms with Gasteiger partial charge in [-0.1, -0.05) is 13.3 Å². The highest BCUT2D eigenvalue weighted by molar-refractivity contribution is 4.88. The van der Waals surface area contributed by atoms with Gasteiger partial charge < -0.3 is 5.32 Å². The first kappa shape index (κ1) is 16.1. The molecule has 2 aliphatic rings. The lowest BCUT2D eigenvalue weighted by molar-refractivity contribution is -0.147. The minimum Gasteiger partial charge on any atom is -0.314 e. The second-order valence-electron chi connectivity index (χ2n) is 6.36. The second kappa shape index (κ2) is 7.12. The van der Waals surface area contributed by atoms with E-state index in [4.69, 9.17) is 0 Å². The molecule has 20 heavy (non-hydrogen) atoms. The molecule has 0 saturated heterocycles. The summed E-state index contributed by atoms with van der Waals surface area (Å²) in [5.74, 6) is 0.566. The molecule has 5 heteroatoms. The third kappa shape index (κ3) is 5.24. The third-order valence-electron chi connectivity index (χ3n) is 4.55. The van der Waals surface area contributed by atoms with Crippen LogP contribution in [0.25, 0.3) is 0 Å². The summed E-state index contributed by atoms with van der Waals surface area (Å²) in [7, 11) is 0. The molecule has 0 aromatic carbocycles. The van der Waals surface area contributed by atoms with Crippen LogP contribution in [0.1, 0.15) is 51.9 Å². The predicted octanol–water partition coefficient (Wildman–Crippen LogP) is 3.57. The number of nitrogens with one attached hydrogen (secondary N) is 1. The monoisotopic (exact) mass is 292 g/mol. The van der Waals surface area contributed by atoms with Gasteiger partial charge in [0.15, 0.2) is 0 Å². The number of hydrogen-bond donors (Lipinski definition) is 1. The molecular formula is C15H27F3N2. The maximum atomic E-state index is 12.6. The molecule has 0 aliphatic heterocycles. The van der Waals surface area contributed by atoms with E-state index in [1.807, 2.05) is 0 Å². The molecule has 2 atom stereocenters. The SMILES string of the molecule is CCCNC1CCCC1CCN(CC(F)(F)F)C1CC1. The topological polar surface area (TPSA) is 15.3 Å². The molecule has 2 aliphatic carbocycles. The molecule has 2 fully saturated rings. The summed E-state index contributed by atoms with van der Waals surface area (Å²) in [4.78, 5) is 1.66. The molecule has 118 valence electrons. The van der Waals surface area contributed by atoms with E-state index in [-0.39, 0.29) is 6.04 Å². The standard InChI is InChI=1S/C15H27F3N2/c1-2-9-19-14-5-3-4-12(14)8-10-20(13-6-7-13)11-15(16,17)18/h12-14,19H,2-11H2,1H3. The molecule has 2 rings (SSSR count). The van der Waals surface area contributed by atoms with Crippen molar-refractivity contribution in [2.24, 2.45) is 5.92 Å². The van der Waals surface area contributed by atoms with Crippen LogP contribution >= 0.6 is 0 Å². The molecule has 0 bridgehead atoms. The van der Waals surface area contributed by atoms with Crippen molar-refractivity contribution in [2.45, 2.75) is 70.1 Å². The maximum Gasteiger partial charge on any atom is 0.401 e. The van der Waals surface area contributed by atoms with E-state index < -0.39 is 12.7 Å². The summed E-state index contributed by atoms with van der Waals surface area (Å²) >= 11 is 0. The van der Waals surface area contributed by atoms with E-state index in [1.54, 1.807) is 4.90 Å². The minimum absolute atomic E-state index is 0.195. The lowest BCUT2D eigenvalue weighted by atomic mass is 9.99. The highest BCUT2D eigenvalue weighted by atomic mass is 19.4. The lowest BCUT2D eigenvalue weighted by Crippen LogP contribution is -2.39. The van der Waals surface area contributed by atoms with Gasteiger partial charge >= 0.3 is 6.18 Å². The van der Waals surface area contributed by atoms with Crippen molar-refractivity contribution in [3.63, 3.8) is 0 Å². The lowest BCUT2D eigenvalue weighted by Gasteiger charge is -2.27. The minimum atomic E-state index is -4.06. The highest BCUT2D eigenvalue weighted by Crippen LogP contribution is 2.33. The summed E-state index contributed by atoms with van der Waals surface area (Å²) in [5.41, 5.74) is 0. The molecule has 0 aromatic rings. The zero-order chi connectivity index (χ0) is 14.6. The Bertz CT molecular complexity index is 289. The Morgan fingerprint density at radius 2 is 1.90 bits per heavy atom. The first-order valence-corrected chi connectivity index (χ1v) is 8.04. The molecule has 0 amide bonds. The molecule has 0 spiro atoms. The van der Waals surface area contributed by atoms with Crippen LogP contribution in [-0.4, -0.2) is 42.8 Å². The fourth-order valence-corrected chi connectivity index (χ4v) is 3.37. The van der Waals surface area contributed by atoms with E-state index in [1.165, 1.54) is 19.3 Å². The van der Waals surface area contributed by atoms with Gasteiger partial charge in [0.1, 0.15) is 0 Å². The van der Waals surface area contributed by atoms with Crippen LogP contribution in [0.15, 0.2) is 0 Å². The predicted molar refractivity (Wildman–Crippen MR) is 74.7 cm³/mol. The van der Waals surface area contributed by atoms with Gasteiger partial charge in [-0.15, -0.1) is 0 Å². The molecular weight excluding hydrogens is 265 g/mol. The summed E-state index contributed by atoms with van der Waals surface area (Å²) in [5, 5.41) is 3.56. The van der Waals surface area contributed by atoms with Crippen LogP contribution < -0.4 is 5.32 Å². The highest BCUT2D eigenvalue weighted by Gasteiger charge is 2.38. The molecule has 2 nitrogen and oxygen atoms in total. The van der Waals surface area contributed by atoms with Gasteiger partial charge in [-0.2, -0.15) is 13.2 Å². The smallest absolute Gasteiger partial charge is 0.314 e. The first-order chi connectivity index (χ1) is 9.49. The van der Waals surface area contributed by atoms with Gasteiger partial charge in [-0.3, -0.25) is 4.90 Å². The van der Waals surface area contributed by atoms with E-state index in [0.29, 0.717) is 18.5 Å². The zero-order valence-corrected chi connectivity index (χ0v) is 12.4. The fourth-order valence-electron chi connectivity index (χ4n) is 3.37. The Morgan fingerprint density at radius 3 is 2.50 bits per heavy atom. The summed E-state index contributed by atoms with van der Waals surface area (Å²) < 4.78 is 37.8. The van der Waals surface area contributed by atoms with Gasteiger partial charge in [-0.25, -0.2) is 0 Å². The van der Waals surface area contributed by atoms with Crippen molar-refractivity contribution in [3.8, 4) is 0 Å². The first-order valence-electron chi connectivity index (χ1n) is 8.04. The normalized spacial score (nSPS) is 27.4. The summed E-state index contributed by atoms with van der Waals surface area (Å²) in [6, 6.07) is 0.724. The number of rotatable bonds is 8. The van der Waals surface area contributed by atoms with E-state index in [2.05, 4.69) is 12.2 Å². The summed E-state index contributed by atoms with van der Waals surface area (Å²) in [6.45, 7) is 3.06. The van der Waals surface area contributed by atoms with E-state index in [0.717, 1.165) is 32.2 Å². The molecule has 0 heterocycles. The van der Waals surface area contributed by atoms with Crippen molar-refractivity contribution < 1.29 is 13.2 Å². The Kier molecular flexibility index (Phi) is 5.73. The second-order valence-corrected chi connectivity index (χ2v) is 6.36. The van der Waals surface area contributed by atoms with Crippen molar-refractivity contribution in [1.82, 2.24) is 10.2 Å². The zero-order valence-electron chi connectivity index (χ0n) is 12.4. The van der Waals surface area contributed by atoms with Crippen LogP contribution in [0.4, 0.5) is 13.2 Å². The van der Waals surface area contributed by atoms with Gasteiger partial charge in [0.05, 0.1) is 6.54 Å². The Labute approximate surface area is 120 Å². The average Bonchev–Trinajstić information content (AvgIpc) is 3.11. The van der Waals surface area contributed by atoms with Gasteiger partial charge in [0.25, 0.3) is 0 Å². The third-order valence-corrected chi connectivity index (χ3v) is 4.55. The Morgan fingerprint density at radius 1 is 1.15 bits per heavy atom. The van der Waals surface area contributed by atoms with Crippen LogP contribution in [0.2, 0.25) is 0 Å². The van der Waals surface area contributed by atoms with Crippen molar-refractivity contribution >= 4 is 0 Å². The van der Waals surface area contributed by atoms with E-state index >= 15 is 0 Å². The largest absolute Gasteiger partial charge is 0.401 e. The van der Waals surface area contributed by atoms with Crippen molar-refractivity contribution in [2.75, 3.05) is 19.6 Å². The van der Waals surface area contributed by atoms with Crippen molar-refractivity contribution in [3.05, 3.63) is 0 Å². The Hall–Kier alpha value is -0.290. The summed E-state index contributed by atoms with van der Waals surface area (Å²) in [6.07, 6.45) is 3.43. The van der Waals surface area contributed by atoms with Crippen LogP contribution in [0.3, 0.4) is 0 Å². The van der Waals surface area contributed by atoms with Crippen LogP contribution in [0.5, 0.6) is 0 Å². The molecule has 2 unspecified atom stereocenters. The van der Waals surface area contributed by atoms with E-state index in [9.17, 15) is 13.2 Å². The van der Waals surface area contributed by atoms with Gasteiger partial charge in [-0.05, 0) is 57.5 Å². The number of hydrogen-bond acceptors (Lipinski definition) is 2. The molecule has 0 radical (unpaired) electrons. The Balaban J connectivity index is 1.76.